The normalized spacial score (nSPS) is 11.8. The van der Waals surface area contributed by atoms with Crippen LogP contribution in [0.2, 0.25) is 0 Å². The first-order valence-corrected chi connectivity index (χ1v) is 13.9. The molecule has 4 aromatic carbocycles. The van der Waals surface area contributed by atoms with Gasteiger partial charge in [0.2, 0.25) is 0 Å². The van der Waals surface area contributed by atoms with Gasteiger partial charge < -0.3 is 9.13 Å². The van der Waals surface area contributed by atoms with Gasteiger partial charge in [0.15, 0.2) is 0 Å². The number of rotatable bonds is 5. The maximum atomic E-state index is 4.69. The second-order valence-corrected chi connectivity index (χ2v) is 10.4. The van der Waals surface area contributed by atoms with Crippen LogP contribution in [0.3, 0.4) is 0 Å². The van der Waals surface area contributed by atoms with Crippen LogP contribution in [0.15, 0.2) is 110 Å². The van der Waals surface area contributed by atoms with Crippen molar-refractivity contribution in [1.82, 2.24) is 19.1 Å². The second kappa shape index (κ2) is 9.76. The van der Waals surface area contributed by atoms with E-state index in [1.54, 1.807) is 0 Å². The van der Waals surface area contributed by atoms with E-state index in [1.165, 1.54) is 32.7 Å². The van der Waals surface area contributed by atoms with Gasteiger partial charge in [-0.15, -0.1) is 0 Å². The molecule has 0 fully saturated rings. The second-order valence-electron chi connectivity index (χ2n) is 10.4. The monoisotopic (exact) mass is 530 g/mol. The van der Waals surface area contributed by atoms with Gasteiger partial charge in [0.25, 0.3) is 0 Å². The smallest absolute Gasteiger partial charge is 0.125 e. The maximum Gasteiger partial charge on any atom is 0.125 e. The fourth-order valence-electron chi connectivity index (χ4n) is 6.07. The van der Waals surface area contributed by atoms with Gasteiger partial charge in [-0.25, -0.2) is 9.97 Å². The molecule has 41 heavy (non-hydrogen) atoms. The van der Waals surface area contributed by atoms with Crippen molar-refractivity contribution in [2.24, 2.45) is 0 Å². The minimum Gasteiger partial charge on any atom is -0.309 e. The summed E-state index contributed by atoms with van der Waals surface area (Å²) in [6, 6.07) is 32.7. The standard InChI is InChI=1S/C37H30N4/c1-5-11-33-29(6-2)30-12-7-9-14-34(30)41(33)28-20-21-36-32(22-28)31-13-8-10-15-35(31)40(36)27-18-16-26(17-19-27)37-24(3)23-38-25(4)39-37/h5-23H,2H2,1,3-4H3/b11-5-. The number of hydrogen-bond acceptors (Lipinski definition) is 2. The van der Waals surface area contributed by atoms with Crippen molar-refractivity contribution in [2.75, 3.05) is 0 Å². The zero-order valence-corrected chi connectivity index (χ0v) is 23.5. The summed E-state index contributed by atoms with van der Waals surface area (Å²) < 4.78 is 4.70. The third-order valence-corrected chi connectivity index (χ3v) is 7.89. The van der Waals surface area contributed by atoms with Crippen LogP contribution in [0, 0.1) is 13.8 Å². The van der Waals surface area contributed by atoms with E-state index >= 15 is 0 Å². The first-order valence-electron chi connectivity index (χ1n) is 13.9. The van der Waals surface area contributed by atoms with Gasteiger partial charge in [0, 0.05) is 44.9 Å². The van der Waals surface area contributed by atoms with Crippen LogP contribution in [0.1, 0.15) is 29.6 Å². The van der Waals surface area contributed by atoms with Crippen molar-refractivity contribution in [2.45, 2.75) is 20.8 Å². The Morgan fingerprint density at radius 2 is 1.37 bits per heavy atom. The fraction of sp³-hybridized carbons (Fsp3) is 0.0811. The van der Waals surface area contributed by atoms with Crippen LogP contribution in [0.5, 0.6) is 0 Å². The van der Waals surface area contributed by atoms with E-state index in [4.69, 9.17) is 4.98 Å². The highest BCUT2D eigenvalue weighted by Gasteiger charge is 2.18. The third kappa shape index (κ3) is 3.91. The van der Waals surface area contributed by atoms with Crippen LogP contribution in [-0.4, -0.2) is 19.1 Å². The molecule has 0 aliphatic carbocycles. The molecule has 7 rings (SSSR count). The first-order chi connectivity index (χ1) is 20.1. The Labute approximate surface area is 239 Å². The minimum absolute atomic E-state index is 0.779. The number of para-hydroxylation sites is 2. The third-order valence-electron chi connectivity index (χ3n) is 7.89. The molecular weight excluding hydrogens is 500 g/mol. The van der Waals surface area contributed by atoms with Crippen LogP contribution < -0.4 is 0 Å². The number of aryl methyl sites for hydroxylation is 2. The molecule has 0 spiro atoms. The van der Waals surface area contributed by atoms with E-state index in [2.05, 4.69) is 138 Å². The Kier molecular flexibility index (Phi) is 5.90. The predicted octanol–water partition coefficient (Wildman–Crippen LogP) is 9.48. The van der Waals surface area contributed by atoms with Crippen molar-refractivity contribution >= 4 is 44.9 Å². The van der Waals surface area contributed by atoms with E-state index in [0.717, 1.165) is 45.3 Å². The molecule has 198 valence electrons. The lowest BCUT2D eigenvalue weighted by molar-refractivity contribution is 1.04. The van der Waals surface area contributed by atoms with Gasteiger partial charge in [-0.05, 0) is 74.9 Å². The summed E-state index contributed by atoms with van der Waals surface area (Å²) in [7, 11) is 0. The Morgan fingerprint density at radius 1 is 0.707 bits per heavy atom. The lowest BCUT2D eigenvalue weighted by Crippen LogP contribution is -1.98. The number of hydrogen-bond donors (Lipinski definition) is 0. The summed E-state index contributed by atoms with van der Waals surface area (Å²) in [6.07, 6.45) is 8.12. The molecule has 4 heteroatoms. The maximum absolute atomic E-state index is 4.69. The molecule has 0 radical (unpaired) electrons. The zero-order valence-electron chi connectivity index (χ0n) is 23.5. The average molecular weight is 531 g/mol. The quantitative estimate of drug-likeness (QED) is 0.222. The number of benzene rings is 4. The summed E-state index contributed by atoms with van der Waals surface area (Å²) in [6.45, 7) is 10.2. The van der Waals surface area contributed by atoms with Gasteiger partial charge in [0.1, 0.15) is 5.82 Å². The van der Waals surface area contributed by atoms with Gasteiger partial charge in [-0.1, -0.05) is 67.3 Å². The molecule has 3 heterocycles. The molecule has 0 aliphatic heterocycles. The summed E-state index contributed by atoms with van der Waals surface area (Å²) in [5.74, 6) is 0.779. The fourth-order valence-corrected chi connectivity index (χ4v) is 6.07. The Balaban J connectivity index is 1.44. The highest BCUT2D eigenvalue weighted by molar-refractivity contribution is 6.10. The molecule has 0 unspecified atom stereocenters. The van der Waals surface area contributed by atoms with Gasteiger partial charge >= 0.3 is 0 Å². The van der Waals surface area contributed by atoms with E-state index in [9.17, 15) is 0 Å². The number of fused-ring (bicyclic) bond motifs is 4. The van der Waals surface area contributed by atoms with Crippen LogP contribution in [0.25, 0.3) is 67.5 Å². The lowest BCUT2D eigenvalue weighted by Gasteiger charge is -2.12. The Hall–Kier alpha value is -5.22. The number of allylic oxidation sites excluding steroid dienone is 1. The predicted molar refractivity (Wildman–Crippen MR) is 173 cm³/mol. The molecule has 0 N–H and O–H groups in total. The van der Waals surface area contributed by atoms with Gasteiger partial charge in [0.05, 0.1) is 27.9 Å². The van der Waals surface area contributed by atoms with Crippen molar-refractivity contribution in [3.8, 4) is 22.6 Å². The topological polar surface area (TPSA) is 35.6 Å². The van der Waals surface area contributed by atoms with E-state index in [0.29, 0.717) is 0 Å². The summed E-state index contributed by atoms with van der Waals surface area (Å²) in [4.78, 5) is 9.03. The van der Waals surface area contributed by atoms with Crippen molar-refractivity contribution < 1.29 is 0 Å². The molecular formula is C37H30N4. The van der Waals surface area contributed by atoms with E-state index < -0.39 is 0 Å². The summed E-state index contributed by atoms with van der Waals surface area (Å²) in [5, 5.41) is 3.64. The van der Waals surface area contributed by atoms with Crippen LogP contribution >= 0.6 is 0 Å². The Bertz CT molecular complexity index is 2140. The summed E-state index contributed by atoms with van der Waals surface area (Å²) >= 11 is 0. The molecule has 7 aromatic rings. The van der Waals surface area contributed by atoms with Gasteiger partial charge in [-0.3, -0.25) is 0 Å². The Morgan fingerprint density at radius 3 is 2.10 bits per heavy atom. The largest absolute Gasteiger partial charge is 0.309 e. The average Bonchev–Trinajstić information content (AvgIpc) is 3.50. The molecule has 3 aromatic heterocycles. The summed E-state index contributed by atoms with van der Waals surface area (Å²) in [5.41, 5.74) is 11.2. The van der Waals surface area contributed by atoms with E-state index in [-0.39, 0.29) is 0 Å². The molecule has 0 saturated heterocycles. The number of nitrogens with zero attached hydrogens (tertiary/aromatic N) is 4. The number of aromatic nitrogens is 4. The van der Waals surface area contributed by atoms with Crippen LogP contribution in [-0.2, 0) is 0 Å². The molecule has 0 amide bonds. The van der Waals surface area contributed by atoms with Crippen molar-refractivity contribution in [3.63, 3.8) is 0 Å². The highest BCUT2D eigenvalue weighted by atomic mass is 15.0. The molecule has 0 bridgehead atoms. The van der Waals surface area contributed by atoms with Crippen molar-refractivity contribution in [3.05, 3.63) is 132 Å². The van der Waals surface area contributed by atoms with Crippen molar-refractivity contribution in [1.29, 1.82) is 0 Å². The van der Waals surface area contributed by atoms with Crippen LogP contribution in [0.4, 0.5) is 0 Å². The SMILES string of the molecule is C=Cc1c(/C=C\C)n(-c2ccc3c(c2)c2ccccc2n3-c2ccc(-c3nc(C)ncc3C)cc2)c2ccccc12. The zero-order chi connectivity index (χ0) is 28.1. The molecule has 0 atom stereocenters. The molecule has 4 nitrogen and oxygen atoms in total. The minimum atomic E-state index is 0.779. The first kappa shape index (κ1) is 24.8. The van der Waals surface area contributed by atoms with Gasteiger partial charge in [-0.2, -0.15) is 0 Å². The van der Waals surface area contributed by atoms with E-state index in [1.807, 2.05) is 19.2 Å². The highest BCUT2D eigenvalue weighted by Crippen LogP contribution is 2.37. The molecule has 0 saturated carbocycles. The lowest BCUT2D eigenvalue weighted by atomic mass is 10.1. The molecule has 0 aliphatic rings.